The molecular formula is C11H11BrClN3S. The third-order valence-electron chi connectivity index (χ3n) is 2.89. The molecular weight excluding hydrogens is 322 g/mol. The third-order valence-corrected chi connectivity index (χ3v) is 4.85. The molecule has 6 heteroatoms. The second-order valence-electron chi connectivity index (χ2n) is 4.21. The highest BCUT2D eigenvalue weighted by atomic mass is 79.9. The maximum absolute atomic E-state index is 6.07. The zero-order chi connectivity index (χ0) is 11.8. The SMILES string of the molecule is Clc1nnc(C2CC2)n1CCc1ccc(Br)s1. The number of hydrogen-bond acceptors (Lipinski definition) is 3. The summed E-state index contributed by atoms with van der Waals surface area (Å²) in [7, 11) is 0. The maximum atomic E-state index is 6.07. The van der Waals surface area contributed by atoms with E-state index in [1.165, 1.54) is 21.5 Å². The fourth-order valence-electron chi connectivity index (χ4n) is 1.85. The van der Waals surface area contributed by atoms with Gasteiger partial charge >= 0.3 is 0 Å². The molecule has 0 aliphatic heterocycles. The van der Waals surface area contributed by atoms with Crippen molar-refractivity contribution in [3.8, 4) is 0 Å². The van der Waals surface area contributed by atoms with E-state index < -0.39 is 0 Å². The lowest BCUT2D eigenvalue weighted by Crippen LogP contribution is -2.05. The normalized spacial score (nSPS) is 15.4. The van der Waals surface area contributed by atoms with Gasteiger partial charge in [0.1, 0.15) is 5.82 Å². The molecule has 2 heterocycles. The molecule has 0 unspecified atom stereocenters. The first-order valence-electron chi connectivity index (χ1n) is 5.57. The Balaban J connectivity index is 1.74. The van der Waals surface area contributed by atoms with E-state index in [1.54, 1.807) is 11.3 Å². The summed E-state index contributed by atoms with van der Waals surface area (Å²) in [6.07, 6.45) is 3.42. The predicted octanol–water partition coefficient (Wildman–Crippen LogP) is 3.88. The molecule has 0 bridgehead atoms. The summed E-state index contributed by atoms with van der Waals surface area (Å²) in [5.41, 5.74) is 0. The summed E-state index contributed by atoms with van der Waals surface area (Å²) < 4.78 is 3.22. The van der Waals surface area contributed by atoms with Gasteiger partial charge in [0.05, 0.1) is 3.79 Å². The van der Waals surface area contributed by atoms with Gasteiger partial charge in [-0.1, -0.05) is 0 Å². The van der Waals surface area contributed by atoms with E-state index >= 15 is 0 Å². The molecule has 1 fully saturated rings. The van der Waals surface area contributed by atoms with E-state index in [0.717, 1.165) is 18.8 Å². The van der Waals surface area contributed by atoms with Gasteiger partial charge < -0.3 is 4.57 Å². The minimum Gasteiger partial charge on any atom is -0.301 e. The fraction of sp³-hybridized carbons (Fsp3) is 0.455. The number of nitrogens with zero attached hydrogens (tertiary/aromatic N) is 3. The first-order valence-corrected chi connectivity index (χ1v) is 7.55. The lowest BCUT2D eigenvalue weighted by molar-refractivity contribution is 0.657. The Morgan fingerprint density at radius 2 is 2.24 bits per heavy atom. The molecule has 1 aliphatic rings. The third kappa shape index (κ3) is 2.56. The van der Waals surface area contributed by atoms with Crippen LogP contribution in [0, 0.1) is 0 Å². The molecule has 0 saturated heterocycles. The molecule has 1 saturated carbocycles. The first-order chi connectivity index (χ1) is 8.24. The minimum absolute atomic E-state index is 0.516. The largest absolute Gasteiger partial charge is 0.301 e. The van der Waals surface area contributed by atoms with Gasteiger partial charge in [-0.2, -0.15) is 0 Å². The van der Waals surface area contributed by atoms with Gasteiger partial charge in [0.2, 0.25) is 5.28 Å². The van der Waals surface area contributed by atoms with Crippen LogP contribution in [0.5, 0.6) is 0 Å². The van der Waals surface area contributed by atoms with Crippen LogP contribution in [0.2, 0.25) is 5.28 Å². The molecule has 0 amide bonds. The van der Waals surface area contributed by atoms with Gasteiger partial charge in [0.15, 0.2) is 0 Å². The van der Waals surface area contributed by atoms with Gasteiger partial charge in [-0.3, -0.25) is 0 Å². The Kier molecular flexibility index (Phi) is 3.23. The summed E-state index contributed by atoms with van der Waals surface area (Å²) in [6.45, 7) is 0.866. The predicted molar refractivity (Wildman–Crippen MR) is 72.7 cm³/mol. The number of thiophene rings is 1. The quantitative estimate of drug-likeness (QED) is 0.851. The van der Waals surface area contributed by atoms with Gasteiger partial charge in [-0.25, -0.2) is 0 Å². The molecule has 0 N–H and O–H groups in total. The van der Waals surface area contributed by atoms with Crippen LogP contribution in [0.1, 0.15) is 29.5 Å². The van der Waals surface area contributed by atoms with Crippen molar-refractivity contribution >= 4 is 38.9 Å². The van der Waals surface area contributed by atoms with Crippen LogP contribution in [-0.4, -0.2) is 14.8 Å². The zero-order valence-corrected chi connectivity index (χ0v) is 12.2. The average molecular weight is 333 g/mol. The highest BCUT2D eigenvalue weighted by Gasteiger charge is 2.29. The van der Waals surface area contributed by atoms with Crippen LogP contribution >= 0.6 is 38.9 Å². The molecule has 0 radical (unpaired) electrons. The molecule has 2 aromatic heterocycles. The Labute approximate surface area is 117 Å². The summed E-state index contributed by atoms with van der Waals surface area (Å²) in [6, 6.07) is 4.22. The lowest BCUT2D eigenvalue weighted by atomic mass is 10.3. The maximum Gasteiger partial charge on any atom is 0.225 e. The van der Waals surface area contributed by atoms with E-state index in [2.05, 4.69) is 38.3 Å². The minimum atomic E-state index is 0.516. The molecule has 0 aromatic carbocycles. The Hall–Kier alpha value is -0.390. The molecule has 1 aliphatic carbocycles. The van der Waals surface area contributed by atoms with Crippen LogP contribution in [-0.2, 0) is 13.0 Å². The molecule has 0 spiro atoms. The Morgan fingerprint density at radius 3 is 2.88 bits per heavy atom. The average Bonchev–Trinajstić information content (AvgIpc) is 2.97. The number of aryl methyl sites for hydroxylation is 1. The van der Waals surface area contributed by atoms with Crippen molar-refractivity contribution in [3.05, 3.63) is 31.9 Å². The van der Waals surface area contributed by atoms with Crippen molar-refractivity contribution in [2.45, 2.75) is 31.7 Å². The van der Waals surface area contributed by atoms with E-state index in [0.29, 0.717) is 11.2 Å². The second-order valence-corrected chi connectivity index (χ2v) is 7.09. The smallest absolute Gasteiger partial charge is 0.225 e. The van der Waals surface area contributed by atoms with E-state index in [1.807, 2.05) is 4.57 Å². The number of aromatic nitrogens is 3. The van der Waals surface area contributed by atoms with Crippen LogP contribution in [0.15, 0.2) is 15.9 Å². The fourth-order valence-corrected chi connectivity index (χ4v) is 3.53. The Bertz CT molecular complexity index is 533. The number of halogens is 2. The van der Waals surface area contributed by atoms with Crippen molar-refractivity contribution in [1.29, 1.82) is 0 Å². The number of hydrogen-bond donors (Lipinski definition) is 0. The van der Waals surface area contributed by atoms with E-state index in [9.17, 15) is 0 Å². The molecule has 3 nitrogen and oxygen atoms in total. The molecule has 0 atom stereocenters. The van der Waals surface area contributed by atoms with Gasteiger partial charge in [-0.15, -0.1) is 21.5 Å². The van der Waals surface area contributed by atoms with Crippen LogP contribution in [0.4, 0.5) is 0 Å². The summed E-state index contributed by atoms with van der Waals surface area (Å²) in [5, 5.41) is 8.65. The van der Waals surface area contributed by atoms with Gasteiger partial charge in [-0.05, 0) is 58.9 Å². The van der Waals surface area contributed by atoms with Crippen molar-refractivity contribution in [1.82, 2.24) is 14.8 Å². The summed E-state index contributed by atoms with van der Waals surface area (Å²) >= 11 is 11.3. The number of rotatable bonds is 4. The van der Waals surface area contributed by atoms with Gasteiger partial charge in [0, 0.05) is 17.3 Å². The molecule has 2 aromatic rings. The van der Waals surface area contributed by atoms with Crippen molar-refractivity contribution in [3.63, 3.8) is 0 Å². The lowest BCUT2D eigenvalue weighted by Gasteiger charge is -2.05. The molecule has 90 valence electrons. The second kappa shape index (κ2) is 4.71. The van der Waals surface area contributed by atoms with Gasteiger partial charge in [0.25, 0.3) is 0 Å². The Morgan fingerprint density at radius 1 is 1.41 bits per heavy atom. The monoisotopic (exact) mass is 331 g/mol. The summed E-state index contributed by atoms with van der Waals surface area (Å²) in [5.74, 6) is 1.65. The van der Waals surface area contributed by atoms with Crippen LogP contribution in [0.3, 0.4) is 0 Å². The topological polar surface area (TPSA) is 30.7 Å². The van der Waals surface area contributed by atoms with Crippen LogP contribution < -0.4 is 0 Å². The highest BCUT2D eigenvalue weighted by molar-refractivity contribution is 9.11. The van der Waals surface area contributed by atoms with Crippen molar-refractivity contribution in [2.75, 3.05) is 0 Å². The zero-order valence-electron chi connectivity index (χ0n) is 9.07. The first kappa shape index (κ1) is 11.7. The van der Waals surface area contributed by atoms with Crippen molar-refractivity contribution in [2.24, 2.45) is 0 Å². The standard InChI is InChI=1S/C11H11BrClN3S/c12-9-4-3-8(17-9)5-6-16-10(7-1-2-7)14-15-11(16)13/h3-4,7H,1-2,5-6H2. The molecule has 3 rings (SSSR count). The van der Waals surface area contributed by atoms with E-state index in [-0.39, 0.29) is 0 Å². The summed E-state index contributed by atoms with van der Waals surface area (Å²) in [4.78, 5) is 1.35. The van der Waals surface area contributed by atoms with E-state index in [4.69, 9.17) is 11.6 Å². The highest BCUT2D eigenvalue weighted by Crippen LogP contribution is 2.39. The van der Waals surface area contributed by atoms with Crippen LogP contribution in [0.25, 0.3) is 0 Å². The molecule has 17 heavy (non-hydrogen) atoms. The van der Waals surface area contributed by atoms with Crippen molar-refractivity contribution < 1.29 is 0 Å².